The first kappa shape index (κ1) is 12.8. The number of unbranched alkanes of at least 4 members (excludes halogenated alkanes) is 1. The first-order chi connectivity index (χ1) is 8.72. The van der Waals surface area contributed by atoms with E-state index >= 15 is 0 Å². The Kier molecular flexibility index (Phi) is 4.15. The highest BCUT2D eigenvalue weighted by Gasteiger charge is 2.21. The molecule has 0 spiro atoms. The second-order valence-corrected chi connectivity index (χ2v) is 4.50. The fourth-order valence-electron chi connectivity index (χ4n) is 1.91. The minimum Gasteiger partial charge on any atom is -0.446 e. The molecule has 5 nitrogen and oxygen atoms in total. The molecule has 0 aliphatic carbocycles. The molecule has 0 fully saturated rings. The second-order valence-electron chi connectivity index (χ2n) is 4.50. The molecule has 0 bridgehead atoms. The predicted molar refractivity (Wildman–Crippen MR) is 68.0 cm³/mol. The lowest BCUT2D eigenvalue weighted by atomic mass is 10.1. The van der Waals surface area contributed by atoms with Crippen molar-refractivity contribution in [3.63, 3.8) is 0 Å². The number of hydrogen-bond acceptors (Lipinski definition) is 4. The highest BCUT2D eigenvalue weighted by atomic mass is 16.3. The molecule has 1 aliphatic rings. The van der Waals surface area contributed by atoms with Gasteiger partial charge >= 0.3 is 0 Å². The summed E-state index contributed by atoms with van der Waals surface area (Å²) >= 11 is 0. The summed E-state index contributed by atoms with van der Waals surface area (Å²) in [6, 6.07) is -0.219. The van der Waals surface area contributed by atoms with Crippen LogP contribution in [0.2, 0.25) is 0 Å². The molecule has 0 saturated heterocycles. The summed E-state index contributed by atoms with van der Waals surface area (Å²) in [6.07, 6.45) is 8.28. The molecule has 2 N–H and O–H groups in total. The van der Waals surface area contributed by atoms with Crippen LogP contribution >= 0.6 is 0 Å². The van der Waals surface area contributed by atoms with E-state index in [-0.39, 0.29) is 11.9 Å². The molecule has 0 saturated carbocycles. The zero-order valence-electron chi connectivity index (χ0n) is 10.6. The molecule has 0 radical (unpaired) electrons. The van der Waals surface area contributed by atoms with Gasteiger partial charge in [-0.3, -0.25) is 4.79 Å². The van der Waals surface area contributed by atoms with E-state index in [4.69, 9.17) is 10.2 Å². The van der Waals surface area contributed by atoms with Gasteiger partial charge in [-0.25, -0.2) is 4.98 Å². The molecule has 5 heteroatoms. The van der Waals surface area contributed by atoms with Gasteiger partial charge in [0.15, 0.2) is 5.69 Å². The highest BCUT2D eigenvalue weighted by Crippen LogP contribution is 2.17. The first-order valence-corrected chi connectivity index (χ1v) is 6.37. The smallest absolute Gasteiger partial charge is 0.276 e. The quantitative estimate of drug-likeness (QED) is 0.809. The van der Waals surface area contributed by atoms with Crippen molar-refractivity contribution < 1.29 is 9.21 Å². The Morgan fingerprint density at radius 2 is 2.28 bits per heavy atom. The Morgan fingerprint density at radius 1 is 1.56 bits per heavy atom. The van der Waals surface area contributed by atoms with Crippen molar-refractivity contribution in [1.82, 2.24) is 9.88 Å². The summed E-state index contributed by atoms with van der Waals surface area (Å²) in [5.41, 5.74) is 6.30. The van der Waals surface area contributed by atoms with Gasteiger partial charge in [0.2, 0.25) is 5.89 Å². The molecular weight excluding hydrogens is 230 g/mol. The summed E-state index contributed by atoms with van der Waals surface area (Å²) in [4.78, 5) is 17.9. The maximum Gasteiger partial charge on any atom is 0.276 e. The van der Waals surface area contributed by atoms with Crippen molar-refractivity contribution in [2.45, 2.75) is 32.2 Å². The Bertz CT molecular complexity index is 431. The normalized spacial score (nSPS) is 16.2. The third-order valence-electron chi connectivity index (χ3n) is 3.03. The third kappa shape index (κ3) is 2.79. The van der Waals surface area contributed by atoms with Crippen LogP contribution in [-0.2, 0) is 0 Å². The van der Waals surface area contributed by atoms with Crippen molar-refractivity contribution in [3.8, 4) is 0 Å². The van der Waals surface area contributed by atoms with Crippen LogP contribution in [0.3, 0.4) is 0 Å². The number of rotatable bonds is 5. The van der Waals surface area contributed by atoms with Gasteiger partial charge in [-0.05, 0) is 6.42 Å². The lowest BCUT2D eigenvalue weighted by molar-refractivity contribution is 0.0794. The monoisotopic (exact) mass is 249 g/mol. The van der Waals surface area contributed by atoms with E-state index in [9.17, 15) is 4.79 Å². The van der Waals surface area contributed by atoms with E-state index in [1.165, 1.54) is 6.26 Å². The summed E-state index contributed by atoms with van der Waals surface area (Å²) in [5.74, 6) is 0.358. The van der Waals surface area contributed by atoms with Gasteiger partial charge in [0.05, 0.1) is 6.04 Å². The van der Waals surface area contributed by atoms with E-state index in [1.54, 1.807) is 4.90 Å². The summed E-state index contributed by atoms with van der Waals surface area (Å²) < 4.78 is 5.30. The van der Waals surface area contributed by atoms with Crippen LogP contribution < -0.4 is 5.73 Å². The Morgan fingerprint density at radius 3 is 2.94 bits per heavy atom. The lowest BCUT2D eigenvalue weighted by Crippen LogP contribution is -2.28. The average Bonchev–Trinajstić information content (AvgIpc) is 3.05. The minimum atomic E-state index is -0.219. The average molecular weight is 249 g/mol. The Hall–Kier alpha value is -1.62. The summed E-state index contributed by atoms with van der Waals surface area (Å²) in [5, 5.41) is 0. The van der Waals surface area contributed by atoms with Crippen molar-refractivity contribution in [1.29, 1.82) is 0 Å². The van der Waals surface area contributed by atoms with Crippen LogP contribution in [0.5, 0.6) is 0 Å². The minimum absolute atomic E-state index is 0.0994. The van der Waals surface area contributed by atoms with E-state index in [0.29, 0.717) is 24.7 Å². The van der Waals surface area contributed by atoms with Gasteiger partial charge in [0, 0.05) is 13.1 Å². The van der Waals surface area contributed by atoms with Crippen molar-refractivity contribution >= 4 is 5.91 Å². The maximum atomic E-state index is 12.0. The molecule has 1 aromatic heterocycles. The van der Waals surface area contributed by atoms with E-state index in [2.05, 4.69) is 11.9 Å². The number of carbonyl (C=O) groups is 1. The van der Waals surface area contributed by atoms with E-state index in [1.807, 2.05) is 12.2 Å². The largest absolute Gasteiger partial charge is 0.446 e. The van der Waals surface area contributed by atoms with Gasteiger partial charge in [-0.2, -0.15) is 0 Å². The number of nitrogens with zero attached hydrogens (tertiary/aromatic N) is 2. The van der Waals surface area contributed by atoms with Crippen LogP contribution in [0, 0.1) is 0 Å². The second kappa shape index (κ2) is 5.82. The lowest BCUT2D eigenvalue weighted by Gasteiger charge is -2.12. The zero-order chi connectivity index (χ0) is 13.0. The zero-order valence-corrected chi connectivity index (χ0v) is 10.6. The summed E-state index contributed by atoms with van der Waals surface area (Å²) in [6.45, 7) is 3.39. The predicted octanol–water partition coefficient (Wildman–Crippen LogP) is 1.88. The number of amides is 1. The molecular formula is C13H19N3O2. The summed E-state index contributed by atoms with van der Waals surface area (Å²) in [7, 11) is 0. The van der Waals surface area contributed by atoms with Crippen LogP contribution in [0.1, 0.15) is 48.6 Å². The molecule has 2 rings (SSSR count). The molecule has 1 unspecified atom stereocenters. The third-order valence-corrected chi connectivity index (χ3v) is 3.03. The molecule has 1 atom stereocenters. The fourth-order valence-corrected chi connectivity index (χ4v) is 1.91. The molecule has 18 heavy (non-hydrogen) atoms. The van der Waals surface area contributed by atoms with Gasteiger partial charge in [0.25, 0.3) is 5.91 Å². The van der Waals surface area contributed by atoms with Gasteiger partial charge < -0.3 is 15.1 Å². The van der Waals surface area contributed by atoms with Crippen LogP contribution in [-0.4, -0.2) is 28.9 Å². The SMILES string of the molecule is CCCCC(N)c1nc(C(=O)N2CC=CC2)co1. The number of hydrogen-bond donors (Lipinski definition) is 1. The molecule has 1 aromatic rings. The number of nitrogens with two attached hydrogens (primary N) is 1. The standard InChI is InChI=1S/C13H19N3O2/c1-2-3-6-10(14)12-15-11(9-18-12)13(17)16-7-4-5-8-16/h4-5,9-10H,2-3,6-8,14H2,1H3. The topological polar surface area (TPSA) is 72.4 Å². The maximum absolute atomic E-state index is 12.0. The fraction of sp³-hybridized carbons (Fsp3) is 0.538. The van der Waals surface area contributed by atoms with Gasteiger partial charge in [0.1, 0.15) is 6.26 Å². The van der Waals surface area contributed by atoms with Crippen LogP contribution in [0.15, 0.2) is 22.8 Å². The Labute approximate surface area is 107 Å². The molecule has 1 aliphatic heterocycles. The van der Waals surface area contributed by atoms with Crippen molar-refractivity contribution in [3.05, 3.63) is 30.0 Å². The van der Waals surface area contributed by atoms with Crippen LogP contribution in [0.4, 0.5) is 0 Å². The molecule has 1 amide bonds. The van der Waals surface area contributed by atoms with Crippen molar-refractivity contribution in [2.75, 3.05) is 13.1 Å². The van der Waals surface area contributed by atoms with Gasteiger partial charge in [-0.1, -0.05) is 31.9 Å². The van der Waals surface area contributed by atoms with E-state index < -0.39 is 0 Å². The molecule has 2 heterocycles. The Balaban J connectivity index is 1.98. The first-order valence-electron chi connectivity index (χ1n) is 6.37. The number of aromatic nitrogens is 1. The molecule has 98 valence electrons. The van der Waals surface area contributed by atoms with Crippen molar-refractivity contribution in [2.24, 2.45) is 5.73 Å². The number of carbonyl (C=O) groups excluding carboxylic acids is 1. The van der Waals surface area contributed by atoms with Crippen LogP contribution in [0.25, 0.3) is 0 Å². The highest BCUT2D eigenvalue weighted by molar-refractivity contribution is 5.92. The number of oxazole rings is 1. The van der Waals surface area contributed by atoms with Gasteiger partial charge in [-0.15, -0.1) is 0 Å². The molecule has 0 aromatic carbocycles. The van der Waals surface area contributed by atoms with E-state index in [0.717, 1.165) is 19.3 Å².